The Bertz CT molecular complexity index is 921. The zero-order valence-electron chi connectivity index (χ0n) is 14.3. The normalized spacial score (nSPS) is 16.0. The highest BCUT2D eigenvalue weighted by Gasteiger charge is 2.24. The summed E-state index contributed by atoms with van der Waals surface area (Å²) in [6.07, 6.45) is 2.69. The second-order valence-electron chi connectivity index (χ2n) is 6.63. The van der Waals surface area contributed by atoms with Gasteiger partial charge in [0, 0.05) is 4.88 Å². The van der Waals surface area contributed by atoms with Crippen molar-refractivity contribution in [2.24, 2.45) is 0 Å². The van der Waals surface area contributed by atoms with Crippen LogP contribution in [0.5, 0.6) is 5.75 Å². The Morgan fingerprint density at radius 1 is 1.16 bits per heavy atom. The third-order valence-corrected chi connectivity index (χ3v) is 5.93. The zero-order valence-corrected chi connectivity index (χ0v) is 15.1. The summed E-state index contributed by atoms with van der Waals surface area (Å²) in [6, 6.07) is 6.43. The number of anilines is 1. The van der Waals surface area contributed by atoms with Gasteiger partial charge in [0.05, 0.1) is 17.5 Å². The number of aryl methyl sites for hydroxylation is 3. The molecule has 1 aliphatic carbocycles. The van der Waals surface area contributed by atoms with Gasteiger partial charge in [0.1, 0.15) is 22.2 Å². The minimum Gasteiger partial charge on any atom is -0.508 e. The summed E-state index contributed by atoms with van der Waals surface area (Å²) >= 11 is 1.77. The molecular formula is C19H21N3O2S. The van der Waals surface area contributed by atoms with Gasteiger partial charge < -0.3 is 15.5 Å². The van der Waals surface area contributed by atoms with Crippen molar-refractivity contribution in [3.05, 3.63) is 46.1 Å². The topological polar surface area (TPSA) is 78.3 Å². The van der Waals surface area contributed by atoms with Crippen molar-refractivity contribution >= 4 is 27.4 Å². The number of phenols is 1. The van der Waals surface area contributed by atoms with Crippen molar-refractivity contribution in [2.75, 3.05) is 5.32 Å². The van der Waals surface area contributed by atoms with Gasteiger partial charge in [-0.05, 0) is 56.4 Å². The lowest BCUT2D eigenvalue weighted by Gasteiger charge is -2.22. The van der Waals surface area contributed by atoms with E-state index >= 15 is 0 Å². The smallest absolute Gasteiger partial charge is 0.139 e. The first-order valence-corrected chi connectivity index (χ1v) is 9.37. The number of benzene rings is 1. The van der Waals surface area contributed by atoms with E-state index in [4.69, 9.17) is 0 Å². The largest absolute Gasteiger partial charge is 0.508 e. The van der Waals surface area contributed by atoms with Crippen molar-refractivity contribution in [3.63, 3.8) is 0 Å². The standard InChI is InChI=1S/C19H21N3O2S/c1-10(17(24)12-6-8-13(23)9-7-12)20-18-16-14-4-3-5-15(14)25-19(16)22-11(2)21-18/h6-10,17,23-24H,3-5H2,1-2H3,(H,20,21,22)/t10-,17+/m0/s1. The van der Waals surface area contributed by atoms with Crippen LogP contribution in [-0.4, -0.2) is 26.2 Å². The lowest BCUT2D eigenvalue weighted by molar-refractivity contribution is 0.160. The maximum atomic E-state index is 10.6. The minimum absolute atomic E-state index is 0.193. The number of nitrogens with one attached hydrogen (secondary N) is 1. The molecule has 2 atom stereocenters. The number of phenolic OH excluding ortho intramolecular Hbond substituents is 1. The molecule has 0 fully saturated rings. The first kappa shape index (κ1) is 16.3. The van der Waals surface area contributed by atoms with Gasteiger partial charge in [0.15, 0.2) is 0 Å². The Morgan fingerprint density at radius 2 is 1.92 bits per heavy atom. The first-order valence-electron chi connectivity index (χ1n) is 8.55. The molecule has 2 heterocycles. The van der Waals surface area contributed by atoms with E-state index in [1.807, 2.05) is 13.8 Å². The molecule has 0 aliphatic heterocycles. The Hall–Kier alpha value is -2.18. The molecule has 1 aromatic carbocycles. The summed E-state index contributed by atoms with van der Waals surface area (Å²) < 4.78 is 0. The number of hydrogen-bond donors (Lipinski definition) is 3. The fourth-order valence-electron chi connectivity index (χ4n) is 3.46. The first-order chi connectivity index (χ1) is 12.0. The second-order valence-corrected chi connectivity index (χ2v) is 7.71. The van der Waals surface area contributed by atoms with Crippen LogP contribution in [0, 0.1) is 6.92 Å². The Morgan fingerprint density at radius 3 is 2.68 bits per heavy atom. The molecular weight excluding hydrogens is 334 g/mol. The maximum Gasteiger partial charge on any atom is 0.139 e. The summed E-state index contributed by atoms with van der Waals surface area (Å²) in [5.41, 5.74) is 2.13. The Kier molecular flexibility index (Phi) is 4.09. The van der Waals surface area contributed by atoms with Crippen molar-refractivity contribution in [1.29, 1.82) is 0 Å². The van der Waals surface area contributed by atoms with E-state index in [0.29, 0.717) is 0 Å². The van der Waals surface area contributed by atoms with Gasteiger partial charge in [-0.2, -0.15) is 0 Å². The molecule has 130 valence electrons. The van der Waals surface area contributed by atoms with Gasteiger partial charge in [0.2, 0.25) is 0 Å². The number of aromatic nitrogens is 2. The number of aliphatic hydroxyl groups is 1. The zero-order chi connectivity index (χ0) is 17.6. The molecule has 3 aromatic rings. The lowest BCUT2D eigenvalue weighted by Crippen LogP contribution is -2.25. The van der Waals surface area contributed by atoms with Gasteiger partial charge in [-0.1, -0.05) is 12.1 Å². The molecule has 2 aromatic heterocycles. The van der Waals surface area contributed by atoms with E-state index in [1.54, 1.807) is 35.6 Å². The lowest BCUT2D eigenvalue weighted by atomic mass is 10.0. The summed E-state index contributed by atoms with van der Waals surface area (Å²) in [7, 11) is 0. The number of thiophene rings is 1. The highest BCUT2D eigenvalue weighted by atomic mass is 32.1. The van der Waals surface area contributed by atoms with Crippen molar-refractivity contribution in [1.82, 2.24) is 9.97 Å². The molecule has 0 saturated heterocycles. The monoisotopic (exact) mass is 355 g/mol. The third-order valence-electron chi connectivity index (χ3n) is 4.75. The summed E-state index contributed by atoms with van der Waals surface area (Å²) in [6.45, 7) is 3.84. The molecule has 0 radical (unpaired) electrons. The fourth-order valence-corrected chi connectivity index (χ4v) is 4.77. The molecule has 5 nitrogen and oxygen atoms in total. The number of nitrogens with zero attached hydrogens (tertiary/aromatic N) is 2. The summed E-state index contributed by atoms with van der Waals surface area (Å²) in [5.74, 6) is 1.74. The van der Waals surface area contributed by atoms with Crippen LogP contribution >= 0.6 is 11.3 Å². The van der Waals surface area contributed by atoms with E-state index in [2.05, 4.69) is 15.3 Å². The van der Waals surface area contributed by atoms with Gasteiger partial charge in [0.25, 0.3) is 0 Å². The number of aliphatic hydroxyl groups excluding tert-OH is 1. The van der Waals surface area contributed by atoms with Crippen LogP contribution in [-0.2, 0) is 12.8 Å². The van der Waals surface area contributed by atoms with E-state index in [-0.39, 0.29) is 11.8 Å². The molecule has 0 saturated carbocycles. The number of aromatic hydroxyl groups is 1. The van der Waals surface area contributed by atoms with E-state index < -0.39 is 6.10 Å². The van der Waals surface area contributed by atoms with E-state index in [0.717, 1.165) is 40.3 Å². The Labute approximate surface area is 150 Å². The van der Waals surface area contributed by atoms with Crippen molar-refractivity contribution < 1.29 is 10.2 Å². The molecule has 0 amide bonds. The van der Waals surface area contributed by atoms with Gasteiger partial charge in [-0.15, -0.1) is 11.3 Å². The van der Waals surface area contributed by atoms with Gasteiger partial charge in [-0.3, -0.25) is 0 Å². The minimum atomic E-state index is -0.697. The second kappa shape index (κ2) is 6.28. The number of rotatable bonds is 4. The predicted octanol–water partition coefficient (Wildman–Crippen LogP) is 3.73. The van der Waals surface area contributed by atoms with Crippen LogP contribution in [0.1, 0.15) is 41.3 Å². The summed E-state index contributed by atoms with van der Waals surface area (Å²) in [5, 5.41) is 24.6. The molecule has 0 bridgehead atoms. The van der Waals surface area contributed by atoms with Crippen LogP contribution in [0.3, 0.4) is 0 Å². The SMILES string of the molecule is Cc1nc(N[C@@H](C)[C@@H](O)c2ccc(O)cc2)c2c3c(sc2n1)CCC3. The fraction of sp³-hybridized carbons (Fsp3) is 0.368. The molecule has 4 rings (SSSR count). The average Bonchev–Trinajstić information content (AvgIpc) is 3.15. The quantitative estimate of drug-likeness (QED) is 0.665. The van der Waals surface area contributed by atoms with Gasteiger partial charge >= 0.3 is 0 Å². The van der Waals surface area contributed by atoms with Crippen molar-refractivity contribution in [2.45, 2.75) is 45.3 Å². The average molecular weight is 355 g/mol. The van der Waals surface area contributed by atoms with Crippen LogP contribution in [0.4, 0.5) is 5.82 Å². The van der Waals surface area contributed by atoms with Crippen molar-refractivity contribution in [3.8, 4) is 5.75 Å². The molecule has 0 spiro atoms. The number of hydrogen-bond acceptors (Lipinski definition) is 6. The van der Waals surface area contributed by atoms with E-state index in [9.17, 15) is 10.2 Å². The Balaban J connectivity index is 1.66. The van der Waals surface area contributed by atoms with Crippen LogP contribution < -0.4 is 5.32 Å². The summed E-state index contributed by atoms with van der Waals surface area (Å²) in [4.78, 5) is 11.7. The molecule has 6 heteroatoms. The highest BCUT2D eigenvalue weighted by molar-refractivity contribution is 7.19. The molecule has 1 aliphatic rings. The predicted molar refractivity (Wildman–Crippen MR) is 100 cm³/mol. The molecule has 0 unspecified atom stereocenters. The van der Waals surface area contributed by atoms with Crippen LogP contribution in [0.15, 0.2) is 24.3 Å². The van der Waals surface area contributed by atoms with E-state index in [1.165, 1.54) is 16.9 Å². The molecule has 25 heavy (non-hydrogen) atoms. The maximum absolute atomic E-state index is 10.6. The number of fused-ring (bicyclic) bond motifs is 3. The third kappa shape index (κ3) is 2.96. The molecule has 3 N–H and O–H groups in total. The highest BCUT2D eigenvalue weighted by Crippen LogP contribution is 2.40. The van der Waals surface area contributed by atoms with Gasteiger partial charge in [-0.25, -0.2) is 9.97 Å². The van der Waals surface area contributed by atoms with Crippen LogP contribution in [0.2, 0.25) is 0 Å². The van der Waals surface area contributed by atoms with Crippen LogP contribution in [0.25, 0.3) is 10.2 Å².